The van der Waals surface area contributed by atoms with Crippen molar-refractivity contribution in [2.45, 2.75) is 38.9 Å². The molecule has 3 atom stereocenters. The molecule has 0 aromatic rings. The minimum absolute atomic E-state index is 0. The Labute approximate surface area is 92.5 Å². The fourth-order valence-electron chi connectivity index (χ4n) is 1.91. The lowest BCUT2D eigenvalue weighted by molar-refractivity contribution is -0.0688. The van der Waals surface area contributed by atoms with Gasteiger partial charge < -0.3 is 15.1 Å². The van der Waals surface area contributed by atoms with Crippen LogP contribution in [0.1, 0.15) is 26.7 Å². The molecule has 1 rings (SSSR count). The van der Waals surface area contributed by atoms with Crippen molar-refractivity contribution < 1.29 is 10.2 Å². The first-order chi connectivity index (χ1) is 6.15. The second kappa shape index (κ2) is 6.62. The Morgan fingerprint density at radius 2 is 1.93 bits per heavy atom. The third-order valence-electron chi connectivity index (χ3n) is 2.80. The van der Waals surface area contributed by atoms with Crippen molar-refractivity contribution in [2.24, 2.45) is 5.92 Å². The lowest BCUT2D eigenvalue weighted by Gasteiger charge is -2.37. The zero-order valence-electron chi connectivity index (χ0n) is 9.02. The summed E-state index contributed by atoms with van der Waals surface area (Å²) in [4.78, 5) is 2.24. The van der Waals surface area contributed by atoms with Crippen LogP contribution in [0.3, 0.4) is 0 Å². The summed E-state index contributed by atoms with van der Waals surface area (Å²) in [5.74, 6) is 0.195. The van der Waals surface area contributed by atoms with Crippen LogP contribution >= 0.6 is 12.4 Å². The molecule has 14 heavy (non-hydrogen) atoms. The zero-order chi connectivity index (χ0) is 9.84. The number of hydrogen-bond acceptors (Lipinski definition) is 3. The SMILES string of the molecule is CCCCN1CC(C)C(O)C(O)C1.Cl. The minimum atomic E-state index is -0.555. The molecule has 0 saturated carbocycles. The van der Waals surface area contributed by atoms with Crippen LogP contribution < -0.4 is 0 Å². The summed E-state index contributed by atoms with van der Waals surface area (Å²) >= 11 is 0. The Morgan fingerprint density at radius 3 is 2.43 bits per heavy atom. The predicted octanol–water partition coefficient (Wildman–Crippen LogP) is 0.882. The Morgan fingerprint density at radius 1 is 1.29 bits per heavy atom. The van der Waals surface area contributed by atoms with Gasteiger partial charge in [0.25, 0.3) is 0 Å². The van der Waals surface area contributed by atoms with Gasteiger partial charge in [0.05, 0.1) is 12.2 Å². The van der Waals surface area contributed by atoms with Crippen molar-refractivity contribution in [1.29, 1.82) is 0 Å². The topological polar surface area (TPSA) is 43.7 Å². The maximum Gasteiger partial charge on any atom is 0.0928 e. The van der Waals surface area contributed by atoms with E-state index in [4.69, 9.17) is 0 Å². The molecule has 0 spiro atoms. The largest absolute Gasteiger partial charge is 0.390 e. The summed E-state index contributed by atoms with van der Waals surface area (Å²) in [6.07, 6.45) is 1.28. The van der Waals surface area contributed by atoms with E-state index in [9.17, 15) is 10.2 Å². The van der Waals surface area contributed by atoms with Gasteiger partial charge in [0, 0.05) is 13.1 Å². The van der Waals surface area contributed by atoms with Crippen LogP contribution in [0.25, 0.3) is 0 Å². The standard InChI is InChI=1S/C10H21NO2.ClH/c1-3-4-5-11-6-8(2)10(13)9(12)7-11;/h8-10,12-13H,3-7H2,1-2H3;1H. The summed E-state index contributed by atoms with van der Waals surface area (Å²) < 4.78 is 0. The smallest absolute Gasteiger partial charge is 0.0928 e. The van der Waals surface area contributed by atoms with Crippen molar-refractivity contribution in [2.75, 3.05) is 19.6 Å². The summed E-state index contributed by atoms with van der Waals surface area (Å²) in [5.41, 5.74) is 0. The van der Waals surface area contributed by atoms with Crippen molar-refractivity contribution in [3.63, 3.8) is 0 Å². The van der Waals surface area contributed by atoms with Gasteiger partial charge in [-0.2, -0.15) is 0 Å². The van der Waals surface area contributed by atoms with Gasteiger partial charge in [-0.3, -0.25) is 0 Å². The first kappa shape index (κ1) is 14.2. The predicted molar refractivity (Wildman–Crippen MR) is 59.8 cm³/mol. The van der Waals surface area contributed by atoms with Crippen molar-refractivity contribution in [1.82, 2.24) is 4.90 Å². The molecular weight excluding hydrogens is 202 g/mol. The number of aliphatic hydroxyl groups is 2. The number of piperidine rings is 1. The molecule has 4 heteroatoms. The zero-order valence-corrected chi connectivity index (χ0v) is 9.83. The average molecular weight is 224 g/mol. The number of hydrogen-bond donors (Lipinski definition) is 2. The molecule has 0 aromatic carbocycles. The van der Waals surface area contributed by atoms with E-state index in [1.807, 2.05) is 6.92 Å². The van der Waals surface area contributed by atoms with E-state index in [2.05, 4.69) is 11.8 Å². The van der Waals surface area contributed by atoms with Gasteiger partial charge in [-0.05, 0) is 18.9 Å². The maximum atomic E-state index is 9.53. The Hall–Kier alpha value is 0.170. The molecule has 0 aromatic heterocycles. The van der Waals surface area contributed by atoms with Gasteiger partial charge in [0.1, 0.15) is 0 Å². The second-order valence-corrected chi connectivity index (χ2v) is 4.15. The highest BCUT2D eigenvalue weighted by atomic mass is 35.5. The van der Waals surface area contributed by atoms with E-state index in [1.54, 1.807) is 0 Å². The number of halogens is 1. The molecule has 1 aliphatic rings. The van der Waals surface area contributed by atoms with E-state index < -0.39 is 12.2 Å². The highest BCUT2D eigenvalue weighted by Gasteiger charge is 2.31. The second-order valence-electron chi connectivity index (χ2n) is 4.15. The summed E-state index contributed by atoms with van der Waals surface area (Å²) in [6.45, 7) is 6.75. The molecule has 0 bridgehead atoms. The average Bonchev–Trinajstić information content (AvgIpc) is 2.10. The molecule has 0 aliphatic carbocycles. The van der Waals surface area contributed by atoms with Crippen LogP contribution in [0.5, 0.6) is 0 Å². The number of unbranched alkanes of at least 4 members (excludes halogenated alkanes) is 1. The van der Waals surface area contributed by atoms with E-state index >= 15 is 0 Å². The molecule has 1 aliphatic heterocycles. The number of nitrogens with zero attached hydrogens (tertiary/aromatic N) is 1. The van der Waals surface area contributed by atoms with Crippen LogP contribution in [-0.4, -0.2) is 47.0 Å². The van der Waals surface area contributed by atoms with Crippen LogP contribution in [0.4, 0.5) is 0 Å². The highest BCUT2D eigenvalue weighted by molar-refractivity contribution is 5.85. The van der Waals surface area contributed by atoms with Crippen LogP contribution in [0.15, 0.2) is 0 Å². The quantitative estimate of drug-likeness (QED) is 0.747. The number of likely N-dealkylation sites (tertiary alicyclic amines) is 1. The first-order valence-electron chi connectivity index (χ1n) is 5.23. The fraction of sp³-hybridized carbons (Fsp3) is 1.00. The Kier molecular flexibility index (Phi) is 6.70. The normalized spacial score (nSPS) is 33.9. The monoisotopic (exact) mass is 223 g/mol. The third-order valence-corrected chi connectivity index (χ3v) is 2.80. The molecule has 2 N–H and O–H groups in total. The molecule has 1 fully saturated rings. The van der Waals surface area contributed by atoms with Gasteiger partial charge in [-0.25, -0.2) is 0 Å². The van der Waals surface area contributed by atoms with Crippen LogP contribution in [0.2, 0.25) is 0 Å². The minimum Gasteiger partial charge on any atom is -0.390 e. The number of rotatable bonds is 3. The van der Waals surface area contributed by atoms with Gasteiger partial charge >= 0.3 is 0 Å². The van der Waals surface area contributed by atoms with Crippen molar-refractivity contribution in [3.8, 4) is 0 Å². The van der Waals surface area contributed by atoms with Crippen molar-refractivity contribution >= 4 is 12.4 Å². The third kappa shape index (κ3) is 3.73. The van der Waals surface area contributed by atoms with Gasteiger partial charge in [0.2, 0.25) is 0 Å². The number of aliphatic hydroxyl groups excluding tert-OH is 2. The van der Waals surface area contributed by atoms with Gasteiger partial charge in [-0.1, -0.05) is 20.3 Å². The molecule has 1 heterocycles. The van der Waals surface area contributed by atoms with E-state index in [0.29, 0.717) is 6.54 Å². The Balaban J connectivity index is 0.00000169. The highest BCUT2D eigenvalue weighted by Crippen LogP contribution is 2.17. The summed E-state index contributed by atoms with van der Waals surface area (Å²) in [5, 5.41) is 19.0. The maximum absolute atomic E-state index is 9.53. The van der Waals surface area contributed by atoms with Crippen LogP contribution in [0, 0.1) is 5.92 Å². The molecular formula is C10H22ClNO2. The molecule has 86 valence electrons. The first-order valence-corrected chi connectivity index (χ1v) is 5.23. The fourth-order valence-corrected chi connectivity index (χ4v) is 1.91. The van der Waals surface area contributed by atoms with Gasteiger partial charge in [0.15, 0.2) is 0 Å². The summed E-state index contributed by atoms with van der Waals surface area (Å²) in [7, 11) is 0. The molecule has 3 unspecified atom stereocenters. The molecule has 0 radical (unpaired) electrons. The lowest BCUT2D eigenvalue weighted by Crippen LogP contribution is -2.51. The van der Waals surface area contributed by atoms with E-state index in [0.717, 1.165) is 13.1 Å². The van der Waals surface area contributed by atoms with Crippen molar-refractivity contribution in [3.05, 3.63) is 0 Å². The summed E-state index contributed by atoms with van der Waals surface area (Å²) in [6, 6.07) is 0. The lowest BCUT2D eigenvalue weighted by atomic mass is 9.94. The van der Waals surface area contributed by atoms with E-state index in [1.165, 1.54) is 12.8 Å². The van der Waals surface area contributed by atoms with Crippen LogP contribution in [-0.2, 0) is 0 Å². The molecule has 1 saturated heterocycles. The van der Waals surface area contributed by atoms with E-state index in [-0.39, 0.29) is 18.3 Å². The number of β-amino-alcohol motifs (C(OH)–C–C–N with tert-alkyl or cyclic N) is 1. The molecule has 3 nitrogen and oxygen atoms in total. The Bertz CT molecular complexity index is 145. The molecule has 0 amide bonds. The van der Waals surface area contributed by atoms with Gasteiger partial charge in [-0.15, -0.1) is 12.4 Å².